The molecule has 3 N–H and O–H groups in total. The highest BCUT2D eigenvalue weighted by molar-refractivity contribution is 5.99. The van der Waals surface area contributed by atoms with Crippen LogP contribution in [0.15, 0.2) is 66.7 Å². The number of hydrogen-bond acceptors (Lipinski definition) is 5. The van der Waals surface area contributed by atoms with Crippen LogP contribution in [0.25, 0.3) is 0 Å². The van der Waals surface area contributed by atoms with Crippen LogP contribution in [0.1, 0.15) is 50.2 Å². The highest BCUT2D eigenvalue weighted by atomic mass is 19.1. The molecule has 7 nitrogen and oxygen atoms in total. The number of amides is 2. The van der Waals surface area contributed by atoms with Crippen LogP contribution < -0.4 is 10.9 Å². The Hall–Kier alpha value is -3.75. The van der Waals surface area contributed by atoms with E-state index in [0.29, 0.717) is 18.6 Å². The Morgan fingerprint density at radius 3 is 2.34 bits per heavy atom. The molecular formula is C27H28FN3O4. The molecule has 0 fully saturated rings. The molecule has 1 aliphatic rings. The molecule has 0 radical (unpaired) electrons. The summed E-state index contributed by atoms with van der Waals surface area (Å²) in [6, 6.07) is 17.5. The summed E-state index contributed by atoms with van der Waals surface area (Å²) >= 11 is 0. The summed E-state index contributed by atoms with van der Waals surface area (Å²) in [6.07, 6.45) is 1.57. The lowest BCUT2D eigenvalue weighted by Crippen LogP contribution is -2.41. The third-order valence-electron chi connectivity index (χ3n) is 6.12. The van der Waals surface area contributed by atoms with E-state index < -0.39 is 17.4 Å². The SMILES string of the molecule is CN(C)CCCC1(c2ccc(F)cc2)OCc2cc(C(=O)NNC(=O)c3cccc(O)c3)ccc21. The fourth-order valence-electron chi connectivity index (χ4n) is 4.39. The fourth-order valence-corrected chi connectivity index (χ4v) is 4.39. The average molecular weight is 478 g/mol. The molecule has 1 aliphatic heterocycles. The fraction of sp³-hybridized carbons (Fsp3) is 0.259. The van der Waals surface area contributed by atoms with Crippen molar-refractivity contribution in [2.45, 2.75) is 25.0 Å². The molecule has 1 heterocycles. The van der Waals surface area contributed by atoms with E-state index in [9.17, 15) is 19.1 Å². The zero-order chi connectivity index (χ0) is 25.0. The van der Waals surface area contributed by atoms with Gasteiger partial charge in [-0.15, -0.1) is 0 Å². The first-order chi connectivity index (χ1) is 16.8. The minimum Gasteiger partial charge on any atom is -0.508 e. The quantitative estimate of drug-likeness (QED) is 0.451. The van der Waals surface area contributed by atoms with Gasteiger partial charge in [0.05, 0.1) is 6.61 Å². The van der Waals surface area contributed by atoms with Gasteiger partial charge in [-0.2, -0.15) is 0 Å². The highest BCUT2D eigenvalue weighted by Gasteiger charge is 2.41. The number of nitrogens with zero attached hydrogens (tertiary/aromatic N) is 1. The summed E-state index contributed by atoms with van der Waals surface area (Å²) in [6.45, 7) is 1.19. The monoisotopic (exact) mass is 477 g/mol. The molecule has 35 heavy (non-hydrogen) atoms. The Kier molecular flexibility index (Phi) is 7.14. The van der Waals surface area contributed by atoms with Crippen LogP contribution in [0.2, 0.25) is 0 Å². The van der Waals surface area contributed by atoms with Crippen molar-refractivity contribution in [1.29, 1.82) is 0 Å². The predicted molar refractivity (Wildman–Crippen MR) is 129 cm³/mol. The van der Waals surface area contributed by atoms with Gasteiger partial charge in [0.2, 0.25) is 0 Å². The molecule has 2 amide bonds. The van der Waals surface area contributed by atoms with Gasteiger partial charge in [-0.3, -0.25) is 20.4 Å². The zero-order valence-electron chi connectivity index (χ0n) is 19.7. The van der Waals surface area contributed by atoms with E-state index in [1.54, 1.807) is 30.3 Å². The molecule has 0 saturated heterocycles. The predicted octanol–water partition coefficient (Wildman–Crippen LogP) is 3.72. The van der Waals surface area contributed by atoms with Gasteiger partial charge in [-0.25, -0.2) is 4.39 Å². The normalized spacial score (nSPS) is 16.7. The third-order valence-corrected chi connectivity index (χ3v) is 6.12. The lowest BCUT2D eigenvalue weighted by molar-refractivity contribution is -0.0140. The average Bonchev–Trinajstić information content (AvgIpc) is 3.21. The standard InChI is InChI=1S/C27H28FN3O4/c1-31(2)14-4-13-27(21-8-10-22(28)11-9-21)24-12-7-19(15-20(24)17-35-27)26(34)30-29-25(33)18-5-3-6-23(32)16-18/h3,5-12,15-16,32H,4,13-14,17H2,1-2H3,(H,29,33)(H,30,34). The molecular weight excluding hydrogens is 449 g/mol. The lowest BCUT2D eigenvalue weighted by atomic mass is 9.81. The maximum Gasteiger partial charge on any atom is 0.269 e. The Morgan fingerprint density at radius 1 is 1.00 bits per heavy atom. The van der Waals surface area contributed by atoms with E-state index in [0.717, 1.165) is 29.7 Å². The zero-order valence-corrected chi connectivity index (χ0v) is 19.7. The van der Waals surface area contributed by atoms with Crippen molar-refractivity contribution in [3.8, 4) is 5.75 Å². The topological polar surface area (TPSA) is 90.9 Å². The number of carbonyl (C=O) groups excluding carboxylic acids is 2. The molecule has 0 aromatic heterocycles. The Labute approximate surface area is 203 Å². The number of halogens is 1. The molecule has 4 rings (SSSR count). The van der Waals surface area contributed by atoms with Crippen LogP contribution in [0.4, 0.5) is 4.39 Å². The second kappa shape index (κ2) is 10.2. The van der Waals surface area contributed by atoms with Crippen LogP contribution in [-0.4, -0.2) is 42.5 Å². The number of benzene rings is 3. The molecule has 1 atom stereocenters. The molecule has 8 heteroatoms. The summed E-state index contributed by atoms with van der Waals surface area (Å²) < 4.78 is 20.0. The van der Waals surface area contributed by atoms with Crippen molar-refractivity contribution >= 4 is 11.8 Å². The van der Waals surface area contributed by atoms with Gasteiger partial charge in [-0.1, -0.05) is 24.3 Å². The molecule has 0 aliphatic carbocycles. The van der Waals surface area contributed by atoms with Crippen molar-refractivity contribution in [3.63, 3.8) is 0 Å². The summed E-state index contributed by atoms with van der Waals surface area (Å²) in [4.78, 5) is 27.1. The van der Waals surface area contributed by atoms with Gasteiger partial charge in [0.15, 0.2) is 0 Å². The van der Waals surface area contributed by atoms with Crippen LogP contribution in [0.5, 0.6) is 5.75 Å². The van der Waals surface area contributed by atoms with Crippen molar-refractivity contribution in [2.24, 2.45) is 0 Å². The molecule has 0 bridgehead atoms. The van der Waals surface area contributed by atoms with Gasteiger partial charge in [-0.05, 0) is 92.6 Å². The number of hydrazine groups is 1. The maximum atomic E-state index is 13.6. The van der Waals surface area contributed by atoms with Gasteiger partial charge in [0.1, 0.15) is 17.2 Å². The van der Waals surface area contributed by atoms with Gasteiger partial charge in [0, 0.05) is 11.1 Å². The summed E-state index contributed by atoms with van der Waals surface area (Å²) in [5.74, 6) is -1.38. The second-order valence-electron chi connectivity index (χ2n) is 8.86. The maximum absolute atomic E-state index is 13.6. The van der Waals surface area contributed by atoms with Crippen LogP contribution in [0, 0.1) is 5.82 Å². The third kappa shape index (κ3) is 5.34. The van der Waals surface area contributed by atoms with E-state index in [2.05, 4.69) is 15.8 Å². The number of ether oxygens (including phenoxy) is 1. The Bertz CT molecular complexity index is 1230. The van der Waals surface area contributed by atoms with E-state index >= 15 is 0 Å². The lowest BCUT2D eigenvalue weighted by Gasteiger charge is -2.31. The van der Waals surface area contributed by atoms with Crippen LogP contribution >= 0.6 is 0 Å². The molecule has 0 spiro atoms. The molecule has 182 valence electrons. The summed E-state index contributed by atoms with van der Waals surface area (Å²) in [7, 11) is 4.02. The highest BCUT2D eigenvalue weighted by Crippen LogP contribution is 2.45. The minimum atomic E-state index is -0.725. The summed E-state index contributed by atoms with van der Waals surface area (Å²) in [5.41, 5.74) is 7.30. The first-order valence-electron chi connectivity index (χ1n) is 11.4. The molecule has 0 saturated carbocycles. The van der Waals surface area contributed by atoms with E-state index in [1.807, 2.05) is 20.2 Å². The van der Waals surface area contributed by atoms with Gasteiger partial charge >= 0.3 is 0 Å². The number of fused-ring (bicyclic) bond motifs is 1. The summed E-state index contributed by atoms with van der Waals surface area (Å²) in [5, 5.41) is 9.53. The van der Waals surface area contributed by atoms with Crippen LogP contribution in [-0.2, 0) is 16.9 Å². The molecule has 3 aromatic rings. The van der Waals surface area contributed by atoms with Crippen molar-refractivity contribution in [1.82, 2.24) is 15.8 Å². The van der Waals surface area contributed by atoms with Crippen molar-refractivity contribution in [3.05, 3.63) is 100 Å². The molecule has 3 aromatic carbocycles. The minimum absolute atomic E-state index is 0.0437. The molecule has 1 unspecified atom stereocenters. The van der Waals surface area contributed by atoms with Gasteiger partial charge in [0.25, 0.3) is 11.8 Å². The number of phenolic OH excluding ortho intramolecular Hbond substituents is 1. The van der Waals surface area contributed by atoms with E-state index in [4.69, 9.17) is 4.74 Å². The number of nitrogens with one attached hydrogen (secondary N) is 2. The number of rotatable bonds is 7. The number of phenols is 1. The smallest absolute Gasteiger partial charge is 0.269 e. The number of carbonyl (C=O) groups is 2. The van der Waals surface area contributed by atoms with Crippen LogP contribution in [0.3, 0.4) is 0 Å². The van der Waals surface area contributed by atoms with Crippen molar-refractivity contribution < 1.29 is 23.8 Å². The largest absolute Gasteiger partial charge is 0.508 e. The number of aromatic hydroxyl groups is 1. The second-order valence-corrected chi connectivity index (χ2v) is 8.86. The Balaban J connectivity index is 1.53. The van der Waals surface area contributed by atoms with Gasteiger partial charge < -0.3 is 14.7 Å². The van der Waals surface area contributed by atoms with Crippen molar-refractivity contribution in [2.75, 3.05) is 20.6 Å². The number of hydrogen-bond donors (Lipinski definition) is 3. The Morgan fingerprint density at radius 2 is 1.69 bits per heavy atom. The first kappa shape index (κ1) is 24.4. The first-order valence-corrected chi connectivity index (χ1v) is 11.4. The van der Waals surface area contributed by atoms with E-state index in [1.165, 1.54) is 30.3 Å². The van der Waals surface area contributed by atoms with E-state index in [-0.39, 0.29) is 17.1 Å².